The van der Waals surface area contributed by atoms with Gasteiger partial charge in [-0.1, -0.05) is 23.2 Å². The Bertz CT molecular complexity index is 378. The minimum absolute atomic E-state index is 0.353. The van der Waals surface area contributed by atoms with Crippen molar-refractivity contribution in [3.05, 3.63) is 28.0 Å². The van der Waals surface area contributed by atoms with Gasteiger partial charge >= 0.3 is 5.97 Å². The zero-order chi connectivity index (χ0) is 11.6. The number of carboxylic acids is 1. The zero-order valence-corrected chi connectivity index (χ0v) is 8.69. The first-order valence-corrected chi connectivity index (χ1v) is 4.49. The molecule has 15 heavy (non-hydrogen) atoms. The highest BCUT2D eigenvalue weighted by molar-refractivity contribution is 6.35. The second-order valence-corrected chi connectivity index (χ2v) is 3.57. The number of hydrogen-bond donors (Lipinski definition) is 1. The van der Waals surface area contributed by atoms with Crippen molar-refractivity contribution in [3.63, 3.8) is 0 Å². The highest BCUT2D eigenvalue weighted by Crippen LogP contribution is 2.39. The van der Waals surface area contributed by atoms with Gasteiger partial charge in [0.15, 0.2) is 0 Å². The summed E-state index contributed by atoms with van der Waals surface area (Å²) in [7, 11) is 0. The number of carboxylic acid groups (broad SMARTS) is 1. The van der Waals surface area contributed by atoms with Crippen LogP contribution in [0.5, 0.6) is 0 Å². The van der Waals surface area contributed by atoms with Crippen molar-refractivity contribution in [2.75, 3.05) is 0 Å². The van der Waals surface area contributed by atoms with Gasteiger partial charge in [-0.15, -0.1) is 0 Å². The number of rotatable bonds is 3. The Labute approximate surface area is 93.6 Å². The van der Waals surface area contributed by atoms with Gasteiger partial charge in [-0.05, 0) is 0 Å². The van der Waals surface area contributed by atoms with Crippen LogP contribution in [0, 0.1) is 0 Å². The molecule has 0 unspecified atom stereocenters. The van der Waals surface area contributed by atoms with Crippen molar-refractivity contribution in [3.8, 4) is 0 Å². The maximum atomic E-state index is 13.4. The fraction of sp³-hybridized carbons (Fsp3) is 0.250. The quantitative estimate of drug-likeness (QED) is 0.904. The van der Waals surface area contributed by atoms with Gasteiger partial charge in [0, 0.05) is 12.4 Å². The number of aromatic nitrogens is 1. The van der Waals surface area contributed by atoms with Crippen LogP contribution in [-0.4, -0.2) is 16.1 Å². The molecule has 1 N–H and O–H groups in total. The lowest BCUT2D eigenvalue weighted by atomic mass is 10.1. The van der Waals surface area contributed by atoms with E-state index in [9.17, 15) is 13.6 Å². The highest BCUT2D eigenvalue weighted by atomic mass is 35.5. The molecule has 0 aromatic carbocycles. The summed E-state index contributed by atoms with van der Waals surface area (Å²) in [5.41, 5.74) is -0.705. The summed E-state index contributed by atoms with van der Waals surface area (Å²) in [5, 5.41) is 7.60. The topological polar surface area (TPSA) is 50.2 Å². The summed E-state index contributed by atoms with van der Waals surface area (Å²) in [4.78, 5) is 13.7. The maximum absolute atomic E-state index is 13.4. The molecule has 1 rings (SSSR count). The molecular formula is C8H5Cl2F2NO2. The zero-order valence-electron chi connectivity index (χ0n) is 7.18. The minimum Gasteiger partial charge on any atom is -0.481 e. The van der Waals surface area contributed by atoms with Gasteiger partial charge in [0.25, 0.3) is 5.92 Å². The van der Waals surface area contributed by atoms with Gasteiger partial charge in [-0.3, -0.25) is 9.78 Å². The summed E-state index contributed by atoms with van der Waals surface area (Å²) >= 11 is 11.0. The first kappa shape index (κ1) is 12.1. The van der Waals surface area contributed by atoms with E-state index in [1.807, 2.05) is 0 Å². The molecule has 3 nitrogen and oxygen atoms in total. The number of nitrogens with zero attached hydrogens (tertiary/aromatic N) is 1. The molecule has 7 heteroatoms. The fourth-order valence-electron chi connectivity index (χ4n) is 1.04. The standard InChI is InChI=1S/C8H5Cl2F2NO2/c9-4-2-13-3-5(10)7(4)8(11,12)1-6(14)15/h2-3H,1H2,(H,14,15). The molecule has 0 aliphatic heterocycles. The van der Waals surface area contributed by atoms with Crippen LogP contribution in [-0.2, 0) is 10.7 Å². The summed E-state index contributed by atoms with van der Waals surface area (Å²) < 4.78 is 26.7. The van der Waals surface area contributed by atoms with Crippen LogP contribution in [0.15, 0.2) is 12.4 Å². The monoisotopic (exact) mass is 255 g/mol. The molecule has 0 aliphatic rings. The number of alkyl halides is 2. The molecule has 0 radical (unpaired) electrons. The molecule has 0 atom stereocenters. The minimum atomic E-state index is -3.61. The van der Waals surface area contributed by atoms with Crippen molar-refractivity contribution in [2.45, 2.75) is 12.3 Å². The molecule has 82 valence electrons. The second kappa shape index (κ2) is 4.28. The van der Waals surface area contributed by atoms with Gasteiger partial charge in [-0.2, -0.15) is 0 Å². The number of pyridine rings is 1. The third-order valence-corrected chi connectivity index (χ3v) is 2.17. The first-order chi connectivity index (χ1) is 6.84. The number of halogens is 4. The molecule has 0 aliphatic carbocycles. The largest absolute Gasteiger partial charge is 0.481 e. The Morgan fingerprint density at radius 1 is 1.40 bits per heavy atom. The number of aliphatic carboxylic acids is 1. The molecule has 0 spiro atoms. The van der Waals surface area contributed by atoms with E-state index in [1.54, 1.807) is 0 Å². The van der Waals surface area contributed by atoms with Crippen LogP contribution < -0.4 is 0 Å². The fourth-order valence-corrected chi connectivity index (χ4v) is 1.68. The molecule has 0 saturated heterocycles. The maximum Gasteiger partial charge on any atom is 0.309 e. The molecular weight excluding hydrogens is 251 g/mol. The van der Waals surface area contributed by atoms with Gasteiger partial charge < -0.3 is 5.11 Å². The number of carbonyl (C=O) groups is 1. The molecule has 1 aromatic heterocycles. The van der Waals surface area contributed by atoms with Crippen LogP contribution in [0.4, 0.5) is 8.78 Å². The molecule has 0 bridgehead atoms. The summed E-state index contributed by atoms with van der Waals surface area (Å²) in [5.74, 6) is -5.24. The van der Waals surface area contributed by atoms with E-state index in [0.29, 0.717) is 0 Å². The van der Waals surface area contributed by atoms with E-state index >= 15 is 0 Å². The van der Waals surface area contributed by atoms with E-state index in [0.717, 1.165) is 12.4 Å². The SMILES string of the molecule is O=C(O)CC(F)(F)c1c(Cl)cncc1Cl. The third-order valence-electron chi connectivity index (χ3n) is 1.59. The van der Waals surface area contributed by atoms with Crippen LogP contribution >= 0.6 is 23.2 Å². The van der Waals surface area contributed by atoms with Crippen molar-refractivity contribution in [1.82, 2.24) is 4.98 Å². The highest BCUT2D eigenvalue weighted by Gasteiger charge is 2.38. The van der Waals surface area contributed by atoms with Crippen molar-refractivity contribution in [1.29, 1.82) is 0 Å². The normalized spacial score (nSPS) is 11.5. The van der Waals surface area contributed by atoms with Gasteiger partial charge in [0.2, 0.25) is 0 Å². The van der Waals surface area contributed by atoms with Gasteiger partial charge in [0.05, 0.1) is 15.6 Å². The Morgan fingerprint density at radius 2 is 1.87 bits per heavy atom. The lowest BCUT2D eigenvalue weighted by molar-refractivity contribution is -0.145. The van der Waals surface area contributed by atoms with E-state index < -0.39 is 23.9 Å². The van der Waals surface area contributed by atoms with Crippen LogP contribution in [0.2, 0.25) is 10.0 Å². The Balaban J connectivity index is 3.19. The third kappa shape index (κ3) is 2.76. The van der Waals surface area contributed by atoms with E-state index in [-0.39, 0.29) is 10.0 Å². The Hall–Kier alpha value is -0.940. The van der Waals surface area contributed by atoms with E-state index in [2.05, 4.69) is 4.98 Å². The molecule has 0 saturated carbocycles. The average Bonchev–Trinajstić information content (AvgIpc) is 1.99. The smallest absolute Gasteiger partial charge is 0.309 e. The van der Waals surface area contributed by atoms with Crippen LogP contribution in [0.1, 0.15) is 12.0 Å². The summed E-state index contributed by atoms with van der Waals surface area (Å²) in [6.07, 6.45) is 0.605. The lowest BCUT2D eigenvalue weighted by Crippen LogP contribution is -2.19. The molecule has 1 aromatic rings. The molecule has 0 amide bonds. The Morgan fingerprint density at radius 3 is 2.27 bits per heavy atom. The van der Waals surface area contributed by atoms with Crippen molar-refractivity contribution < 1.29 is 18.7 Å². The Kier molecular flexibility index (Phi) is 3.46. The lowest BCUT2D eigenvalue weighted by Gasteiger charge is -2.16. The van der Waals surface area contributed by atoms with E-state index in [1.165, 1.54) is 0 Å². The van der Waals surface area contributed by atoms with Crippen molar-refractivity contribution >= 4 is 29.2 Å². The van der Waals surface area contributed by atoms with Crippen LogP contribution in [0.3, 0.4) is 0 Å². The van der Waals surface area contributed by atoms with E-state index in [4.69, 9.17) is 28.3 Å². The summed E-state index contributed by atoms with van der Waals surface area (Å²) in [6.45, 7) is 0. The predicted molar refractivity (Wildman–Crippen MR) is 50.4 cm³/mol. The van der Waals surface area contributed by atoms with Crippen LogP contribution in [0.25, 0.3) is 0 Å². The summed E-state index contributed by atoms with van der Waals surface area (Å²) in [6, 6.07) is 0. The molecule has 1 heterocycles. The number of hydrogen-bond acceptors (Lipinski definition) is 2. The molecule has 0 fully saturated rings. The van der Waals surface area contributed by atoms with Gasteiger partial charge in [0.1, 0.15) is 6.42 Å². The average molecular weight is 256 g/mol. The predicted octanol–water partition coefficient (Wildman–Crippen LogP) is 2.95. The second-order valence-electron chi connectivity index (χ2n) is 2.75. The van der Waals surface area contributed by atoms with Crippen molar-refractivity contribution in [2.24, 2.45) is 0 Å². The first-order valence-electron chi connectivity index (χ1n) is 3.73. The van der Waals surface area contributed by atoms with Gasteiger partial charge in [-0.25, -0.2) is 8.78 Å².